The van der Waals surface area contributed by atoms with Gasteiger partial charge < -0.3 is 20.1 Å². The molecule has 2 N–H and O–H groups in total. The highest BCUT2D eigenvalue weighted by Crippen LogP contribution is 2.27. The lowest BCUT2D eigenvalue weighted by molar-refractivity contribution is -0.153. The number of hydrogen-bond donors (Lipinski definition) is 2. The summed E-state index contributed by atoms with van der Waals surface area (Å²) in [6, 6.07) is 2.13. The summed E-state index contributed by atoms with van der Waals surface area (Å²) in [5.41, 5.74) is -0.101. The third-order valence-corrected chi connectivity index (χ3v) is 2.36. The number of nitrogens with zero attached hydrogens (tertiary/aromatic N) is 1. The fourth-order valence-corrected chi connectivity index (χ4v) is 1.34. The molecule has 0 saturated heterocycles. The van der Waals surface area contributed by atoms with Gasteiger partial charge in [0.2, 0.25) is 0 Å². The maximum Gasteiger partial charge on any atom is 0.422 e. The summed E-state index contributed by atoms with van der Waals surface area (Å²) in [5.74, 6) is -1.23. The Kier molecular flexibility index (Phi) is 5.77. The molecule has 2 amide bonds. The van der Waals surface area contributed by atoms with Crippen molar-refractivity contribution in [2.24, 2.45) is 0 Å². The van der Waals surface area contributed by atoms with Gasteiger partial charge >= 0.3 is 12.2 Å². The van der Waals surface area contributed by atoms with E-state index < -0.39 is 30.4 Å². The number of aliphatic hydroxyl groups is 1. The first-order valence-corrected chi connectivity index (χ1v) is 5.85. The van der Waals surface area contributed by atoms with Crippen LogP contribution in [0.15, 0.2) is 18.2 Å². The van der Waals surface area contributed by atoms with Crippen molar-refractivity contribution in [3.05, 3.63) is 24.0 Å². The van der Waals surface area contributed by atoms with Crippen LogP contribution in [0.5, 0.6) is 5.75 Å². The molecule has 1 rings (SSSR count). The zero-order valence-electron chi connectivity index (χ0n) is 11.1. The summed E-state index contributed by atoms with van der Waals surface area (Å²) in [6.45, 7) is -1.84. The maximum atomic E-state index is 13.1. The first kappa shape index (κ1) is 17.0. The summed E-state index contributed by atoms with van der Waals surface area (Å²) in [7, 11) is 1.38. The Morgan fingerprint density at radius 2 is 2.10 bits per heavy atom. The molecule has 0 unspecified atom stereocenters. The first-order chi connectivity index (χ1) is 9.73. The van der Waals surface area contributed by atoms with Crippen molar-refractivity contribution in [1.82, 2.24) is 4.90 Å². The molecule has 0 heterocycles. The second-order valence-corrected chi connectivity index (χ2v) is 4.12. The molecule has 21 heavy (non-hydrogen) atoms. The van der Waals surface area contributed by atoms with Crippen LogP contribution in [0, 0.1) is 5.82 Å². The minimum Gasteiger partial charge on any atom is -0.482 e. The van der Waals surface area contributed by atoms with Gasteiger partial charge in [-0.25, -0.2) is 9.18 Å². The van der Waals surface area contributed by atoms with E-state index in [9.17, 15) is 22.4 Å². The third kappa shape index (κ3) is 5.86. The van der Waals surface area contributed by atoms with E-state index in [-0.39, 0.29) is 18.8 Å². The van der Waals surface area contributed by atoms with Crippen LogP contribution in [-0.2, 0) is 0 Å². The summed E-state index contributed by atoms with van der Waals surface area (Å²) in [5, 5.41) is 11.0. The molecule has 118 valence electrons. The number of aliphatic hydroxyl groups excluding tert-OH is 1. The quantitative estimate of drug-likeness (QED) is 0.820. The lowest BCUT2D eigenvalue weighted by Gasteiger charge is -2.18. The van der Waals surface area contributed by atoms with Crippen molar-refractivity contribution in [3.8, 4) is 5.75 Å². The van der Waals surface area contributed by atoms with Gasteiger partial charge in [0.15, 0.2) is 6.61 Å². The molecule has 0 aromatic heterocycles. The van der Waals surface area contributed by atoms with Gasteiger partial charge in [-0.2, -0.15) is 13.2 Å². The van der Waals surface area contributed by atoms with E-state index in [1.165, 1.54) is 7.05 Å². The van der Waals surface area contributed by atoms with E-state index in [1.54, 1.807) is 0 Å². The number of benzene rings is 1. The molecule has 0 radical (unpaired) electrons. The Bertz CT molecular complexity index is 494. The number of urea groups is 1. The predicted molar refractivity (Wildman–Crippen MR) is 66.7 cm³/mol. The monoisotopic (exact) mass is 310 g/mol. The molecule has 0 bridgehead atoms. The average molecular weight is 310 g/mol. The standard InChI is InChI=1S/C12H14F4N2O3/c1-18(4-5-19)11(20)17-9-3-2-8(13)6-10(9)21-7-12(14,15)16/h2-3,6,19H,4-5,7H2,1H3,(H,17,20). The number of ether oxygens (including phenoxy) is 1. The summed E-state index contributed by atoms with van der Waals surface area (Å²) < 4.78 is 53.9. The average Bonchev–Trinajstić information content (AvgIpc) is 2.38. The summed E-state index contributed by atoms with van der Waals surface area (Å²) in [4.78, 5) is 12.8. The van der Waals surface area contributed by atoms with E-state index in [0.717, 1.165) is 23.1 Å². The van der Waals surface area contributed by atoms with Crippen LogP contribution in [0.3, 0.4) is 0 Å². The molecule has 0 spiro atoms. The van der Waals surface area contributed by atoms with Gasteiger partial charge in [-0.3, -0.25) is 0 Å². The molecular weight excluding hydrogens is 296 g/mol. The number of anilines is 1. The number of alkyl halides is 3. The zero-order chi connectivity index (χ0) is 16.0. The molecular formula is C12H14F4N2O3. The van der Waals surface area contributed by atoms with Gasteiger partial charge in [-0.1, -0.05) is 0 Å². The Hall–Kier alpha value is -2.03. The normalized spacial score (nSPS) is 11.1. The molecule has 0 aliphatic carbocycles. The first-order valence-electron chi connectivity index (χ1n) is 5.85. The predicted octanol–water partition coefficient (Wildman–Crippen LogP) is 2.22. The lowest BCUT2D eigenvalue weighted by Crippen LogP contribution is -2.33. The molecule has 9 heteroatoms. The van der Waals surface area contributed by atoms with Crippen LogP contribution in [0.25, 0.3) is 0 Å². The second kappa shape index (κ2) is 7.11. The summed E-state index contributed by atoms with van der Waals surface area (Å²) in [6.07, 6.45) is -4.58. The number of halogens is 4. The van der Waals surface area contributed by atoms with Crippen LogP contribution in [-0.4, -0.2) is 49.0 Å². The highest BCUT2D eigenvalue weighted by Gasteiger charge is 2.29. The Morgan fingerprint density at radius 1 is 1.43 bits per heavy atom. The number of rotatable bonds is 5. The van der Waals surface area contributed by atoms with Crippen LogP contribution >= 0.6 is 0 Å². The molecule has 0 aliphatic rings. The Labute approximate surface area is 118 Å². The van der Waals surface area contributed by atoms with E-state index in [0.29, 0.717) is 0 Å². The summed E-state index contributed by atoms with van der Waals surface area (Å²) >= 11 is 0. The minimum atomic E-state index is -4.58. The lowest BCUT2D eigenvalue weighted by atomic mass is 10.3. The van der Waals surface area contributed by atoms with Crippen LogP contribution in [0.1, 0.15) is 0 Å². The van der Waals surface area contributed by atoms with Gasteiger partial charge in [-0.05, 0) is 12.1 Å². The number of amides is 2. The fourth-order valence-electron chi connectivity index (χ4n) is 1.34. The van der Waals surface area contributed by atoms with Gasteiger partial charge in [0.25, 0.3) is 0 Å². The highest BCUT2D eigenvalue weighted by molar-refractivity contribution is 5.90. The SMILES string of the molecule is CN(CCO)C(=O)Nc1ccc(F)cc1OCC(F)(F)F. The van der Waals surface area contributed by atoms with Crippen molar-refractivity contribution in [2.45, 2.75) is 6.18 Å². The number of carbonyl (C=O) groups is 1. The van der Waals surface area contributed by atoms with E-state index >= 15 is 0 Å². The van der Waals surface area contributed by atoms with Crippen molar-refractivity contribution in [3.63, 3.8) is 0 Å². The third-order valence-electron chi connectivity index (χ3n) is 2.36. The minimum absolute atomic E-state index is 0.0335. The van der Waals surface area contributed by atoms with Crippen molar-refractivity contribution < 1.29 is 32.2 Å². The molecule has 0 atom stereocenters. The zero-order valence-corrected chi connectivity index (χ0v) is 11.1. The molecule has 0 fully saturated rings. The number of likely N-dealkylation sites (N-methyl/N-ethyl adjacent to an activating group) is 1. The number of nitrogens with one attached hydrogen (secondary N) is 1. The maximum absolute atomic E-state index is 13.1. The van der Waals surface area contributed by atoms with Crippen molar-refractivity contribution >= 4 is 11.7 Å². The van der Waals surface area contributed by atoms with Crippen LogP contribution in [0.4, 0.5) is 28.0 Å². The number of hydrogen-bond acceptors (Lipinski definition) is 3. The van der Waals surface area contributed by atoms with E-state index in [4.69, 9.17) is 5.11 Å². The fraction of sp³-hybridized carbons (Fsp3) is 0.417. The molecule has 0 saturated carbocycles. The topological polar surface area (TPSA) is 61.8 Å². The van der Waals surface area contributed by atoms with Gasteiger partial charge in [0.05, 0.1) is 12.3 Å². The van der Waals surface area contributed by atoms with E-state index in [2.05, 4.69) is 10.1 Å². The molecule has 5 nitrogen and oxygen atoms in total. The van der Waals surface area contributed by atoms with E-state index in [1.807, 2.05) is 0 Å². The smallest absolute Gasteiger partial charge is 0.422 e. The van der Waals surface area contributed by atoms with Gasteiger partial charge in [0, 0.05) is 19.7 Å². The second-order valence-electron chi connectivity index (χ2n) is 4.12. The van der Waals surface area contributed by atoms with Gasteiger partial charge in [0.1, 0.15) is 11.6 Å². The van der Waals surface area contributed by atoms with Crippen LogP contribution in [0.2, 0.25) is 0 Å². The number of carbonyl (C=O) groups excluding carboxylic acids is 1. The molecule has 1 aromatic rings. The molecule has 1 aromatic carbocycles. The largest absolute Gasteiger partial charge is 0.482 e. The molecule has 0 aliphatic heterocycles. The Morgan fingerprint density at radius 3 is 2.67 bits per heavy atom. The highest BCUT2D eigenvalue weighted by atomic mass is 19.4. The van der Waals surface area contributed by atoms with Crippen molar-refractivity contribution in [2.75, 3.05) is 32.1 Å². The van der Waals surface area contributed by atoms with Crippen molar-refractivity contribution in [1.29, 1.82) is 0 Å². The van der Waals surface area contributed by atoms with Crippen LogP contribution < -0.4 is 10.1 Å². The van der Waals surface area contributed by atoms with Gasteiger partial charge in [-0.15, -0.1) is 0 Å². The Balaban J connectivity index is 2.84.